The normalized spacial score (nSPS) is 23.0. The van der Waals surface area contributed by atoms with Crippen molar-refractivity contribution in [3.05, 3.63) is 35.4 Å². The van der Waals surface area contributed by atoms with Crippen LogP contribution in [0.1, 0.15) is 30.4 Å². The van der Waals surface area contributed by atoms with Crippen LogP contribution < -0.4 is 0 Å². The molecule has 0 radical (unpaired) electrons. The quantitative estimate of drug-likeness (QED) is 0.896. The van der Waals surface area contributed by atoms with Crippen molar-refractivity contribution in [1.82, 2.24) is 9.80 Å². The molecule has 3 rings (SSSR count). The van der Waals surface area contributed by atoms with Crippen LogP contribution in [0.4, 0.5) is 0 Å². The first-order valence-corrected chi connectivity index (χ1v) is 9.15. The Labute approximate surface area is 144 Å². The lowest BCUT2D eigenvalue weighted by Gasteiger charge is -2.35. The zero-order chi connectivity index (χ0) is 17.3. The van der Waals surface area contributed by atoms with Gasteiger partial charge < -0.3 is 14.9 Å². The van der Waals surface area contributed by atoms with Crippen LogP contribution in [0.25, 0.3) is 0 Å². The molecule has 1 saturated heterocycles. The fourth-order valence-corrected chi connectivity index (χ4v) is 4.46. The zero-order valence-electron chi connectivity index (χ0n) is 13.5. The van der Waals surface area contributed by atoms with Gasteiger partial charge in [0, 0.05) is 25.3 Å². The van der Waals surface area contributed by atoms with Gasteiger partial charge >= 0.3 is 5.97 Å². The fourth-order valence-electron chi connectivity index (χ4n) is 3.29. The molecule has 1 fully saturated rings. The summed E-state index contributed by atoms with van der Waals surface area (Å²) in [6.45, 7) is 2.33. The summed E-state index contributed by atoms with van der Waals surface area (Å²) >= 11 is 1.56. The number of rotatable bonds is 3. The summed E-state index contributed by atoms with van der Waals surface area (Å²) in [7, 11) is 0. The summed E-state index contributed by atoms with van der Waals surface area (Å²) in [5.74, 6) is -0.741. The molecule has 2 aliphatic heterocycles. The van der Waals surface area contributed by atoms with Crippen molar-refractivity contribution in [3.63, 3.8) is 0 Å². The number of carbonyl (C=O) groups excluding carboxylic acids is 2. The lowest BCUT2D eigenvalue weighted by atomic mass is 9.89. The van der Waals surface area contributed by atoms with E-state index in [2.05, 4.69) is 0 Å². The third-order valence-electron chi connectivity index (χ3n) is 4.59. The van der Waals surface area contributed by atoms with Crippen LogP contribution in [-0.4, -0.2) is 56.9 Å². The molecule has 2 aliphatic rings. The number of hydrogen-bond acceptors (Lipinski definition) is 4. The van der Waals surface area contributed by atoms with Gasteiger partial charge in [-0.25, -0.2) is 0 Å². The maximum atomic E-state index is 12.9. The minimum absolute atomic E-state index is 0.0365. The predicted molar refractivity (Wildman–Crippen MR) is 90.5 cm³/mol. The average molecular weight is 348 g/mol. The Balaban J connectivity index is 1.84. The number of carboxylic acids is 1. The molecule has 1 aromatic rings. The summed E-state index contributed by atoms with van der Waals surface area (Å²) < 4.78 is 0. The number of amides is 2. The summed E-state index contributed by atoms with van der Waals surface area (Å²) in [5.41, 5.74) is 1.64. The van der Waals surface area contributed by atoms with Gasteiger partial charge in [0.05, 0.1) is 11.8 Å². The first-order valence-electron chi connectivity index (χ1n) is 7.99. The first-order chi connectivity index (χ1) is 11.5. The van der Waals surface area contributed by atoms with Gasteiger partial charge in [0.2, 0.25) is 11.8 Å². The molecule has 0 spiro atoms. The van der Waals surface area contributed by atoms with Crippen LogP contribution >= 0.6 is 11.8 Å². The van der Waals surface area contributed by atoms with Crippen molar-refractivity contribution in [3.8, 4) is 0 Å². The molecular weight excluding hydrogens is 328 g/mol. The third-order valence-corrected chi connectivity index (χ3v) is 5.61. The van der Waals surface area contributed by atoms with Gasteiger partial charge in [-0.2, -0.15) is 0 Å². The molecule has 6 nitrogen and oxygen atoms in total. The van der Waals surface area contributed by atoms with Crippen LogP contribution in [0.2, 0.25) is 0 Å². The van der Waals surface area contributed by atoms with E-state index in [0.717, 1.165) is 11.1 Å². The number of hydrogen-bond donors (Lipinski definition) is 1. The second-order valence-corrected chi connectivity index (χ2v) is 7.04. The Kier molecular flexibility index (Phi) is 4.80. The van der Waals surface area contributed by atoms with E-state index in [4.69, 9.17) is 0 Å². The minimum atomic E-state index is -0.928. The summed E-state index contributed by atoms with van der Waals surface area (Å²) in [6, 6.07) is 6.87. The molecule has 1 N–H and O–H groups in total. The van der Waals surface area contributed by atoms with E-state index in [0.29, 0.717) is 24.6 Å². The Hall–Kier alpha value is -2.02. The van der Waals surface area contributed by atoms with E-state index in [1.54, 1.807) is 28.5 Å². The number of fused-ring (bicyclic) bond motifs is 1. The molecule has 128 valence electrons. The standard InChI is InChI=1S/C17H20N2O4S/c1-2-15(20)19-10-24-9-14(19)16(21)18-7-11-5-3-4-6-12(11)13(8-18)17(22)23/h3-6,13-14H,2,7-10H2,1H3,(H,22,23). The van der Waals surface area contributed by atoms with Gasteiger partial charge in [0.15, 0.2) is 0 Å². The number of carboxylic acid groups (broad SMARTS) is 1. The highest BCUT2D eigenvalue weighted by atomic mass is 32.2. The second-order valence-electron chi connectivity index (χ2n) is 6.04. The lowest BCUT2D eigenvalue weighted by Crippen LogP contribution is -2.51. The molecular formula is C17H20N2O4S. The molecule has 24 heavy (non-hydrogen) atoms. The van der Waals surface area contributed by atoms with E-state index in [9.17, 15) is 19.5 Å². The van der Waals surface area contributed by atoms with E-state index in [1.165, 1.54) is 0 Å². The fraction of sp³-hybridized carbons (Fsp3) is 0.471. The highest BCUT2D eigenvalue weighted by molar-refractivity contribution is 7.99. The lowest BCUT2D eigenvalue weighted by molar-refractivity contribution is -0.146. The van der Waals surface area contributed by atoms with E-state index >= 15 is 0 Å². The predicted octanol–water partition coefficient (Wildman–Crippen LogP) is 1.51. The maximum Gasteiger partial charge on any atom is 0.312 e. The van der Waals surface area contributed by atoms with Gasteiger partial charge in [-0.05, 0) is 11.1 Å². The Morgan fingerprint density at radius 1 is 1.29 bits per heavy atom. The van der Waals surface area contributed by atoms with Crippen LogP contribution in [-0.2, 0) is 20.9 Å². The summed E-state index contributed by atoms with van der Waals surface area (Å²) in [4.78, 5) is 39.8. The average Bonchev–Trinajstić information content (AvgIpc) is 3.08. The van der Waals surface area contributed by atoms with E-state index < -0.39 is 17.9 Å². The molecule has 7 heteroatoms. The number of aliphatic carboxylic acids is 1. The minimum Gasteiger partial charge on any atom is -0.481 e. The number of benzene rings is 1. The van der Waals surface area contributed by atoms with Gasteiger partial charge in [0.1, 0.15) is 6.04 Å². The topological polar surface area (TPSA) is 77.9 Å². The van der Waals surface area contributed by atoms with E-state index in [-0.39, 0.29) is 18.4 Å². The molecule has 0 bridgehead atoms. The van der Waals surface area contributed by atoms with Gasteiger partial charge in [-0.15, -0.1) is 11.8 Å². The molecule has 2 heterocycles. The van der Waals surface area contributed by atoms with Gasteiger partial charge in [-0.1, -0.05) is 31.2 Å². The monoisotopic (exact) mass is 348 g/mol. The Bertz CT molecular complexity index is 678. The van der Waals surface area contributed by atoms with Crippen LogP contribution in [0.3, 0.4) is 0 Å². The molecule has 0 aliphatic carbocycles. The van der Waals surface area contributed by atoms with Crippen molar-refractivity contribution >= 4 is 29.5 Å². The van der Waals surface area contributed by atoms with Crippen molar-refractivity contribution in [2.45, 2.75) is 31.8 Å². The van der Waals surface area contributed by atoms with Crippen LogP contribution in [0, 0.1) is 0 Å². The Morgan fingerprint density at radius 3 is 2.75 bits per heavy atom. The van der Waals surface area contributed by atoms with Crippen molar-refractivity contribution in [1.29, 1.82) is 0 Å². The SMILES string of the molecule is CCC(=O)N1CSCC1C(=O)N1Cc2ccccc2C(C(=O)O)C1. The zero-order valence-corrected chi connectivity index (χ0v) is 14.3. The molecule has 0 aromatic heterocycles. The third kappa shape index (κ3) is 3.00. The van der Waals surface area contributed by atoms with Crippen molar-refractivity contribution < 1.29 is 19.5 Å². The number of thioether (sulfide) groups is 1. The summed E-state index contributed by atoms with van der Waals surface area (Å²) in [6.07, 6.45) is 0.366. The first kappa shape index (κ1) is 16.8. The second kappa shape index (κ2) is 6.84. The molecule has 0 saturated carbocycles. The smallest absolute Gasteiger partial charge is 0.312 e. The van der Waals surface area contributed by atoms with Crippen LogP contribution in [0.5, 0.6) is 0 Å². The van der Waals surface area contributed by atoms with Crippen molar-refractivity contribution in [2.24, 2.45) is 0 Å². The molecule has 2 amide bonds. The highest BCUT2D eigenvalue weighted by Gasteiger charge is 2.40. The summed E-state index contributed by atoms with van der Waals surface area (Å²) in [5, 5.41) is 9.52. The largest absolute Gasteiger partial charge is 0.481 e. The molecule has 2 unspecified atom stereocenters. The molecule has 1 aromatic carbocycles. The maximum absolute atomic E-state index is 12.9. The Morgan fingerprint density at radius 2 is 2.04 bits per heavy atom. The van der Waals surface area contributed by atoms with Gasteiger partial charge in [0.25, 0.3) is 0 Å². The number of nitrogens with zero attached hydrogens (tertiary/aromatic N) is 2. The number of carbonyl (C=O) groups is 3. The van der Waals surface area contributed by atoms with E-state index in [1.807, 2.05) is 24.3 Å². The van der Waals surface area contributed by atoms with Crippen LogP contribution in [0.15, 0.2) is 24.3 Å². The highest BCUT2D eigenvalue weighted by Crippen LogP contribution is 2.31. The van der Waals surface area contributed by atoms with Crippen molar-refractivity contribution in [2.75, 3.05) is 18.2 Å². The molecule has 2 atom stereocenters. The van der Waals surface area contributed by atoms with Gasteiger partial charge in [-0.3, -0.25) is 14.4 Å².